The first kappa shape index (κ1) is 18.7. The Labute approximate surface area is 170 Å². The van der Waals surface area contributed by atoms with Crippen molar-refractivity contribution in [2.24, 2.45) is 5.41 Å². The molecule has 154 valence electrons. The fourth-order valence-electron chi connectivity index (χ4n) is 4.74. The second kappa shape index (κ2) is 7.48. The second-order valence-corrected chi connectivity index (χ2v) is 9.02. The largest absolute Gasteiger partial charge is 0.424 e. The van der Waals surface area contributed by atoms with Crippen LogP contribution in [0.1, 0.15) is 67.6 Å². The highest BCUT2D eigenvalue weighted by atomic mass is 16.4. The van der Waals surface area contributed by atoms with Crippen LogP contribution in [-0.2, 0) is 17.9 Å². The quantitative estimate of drug-likeness (QED) is 0.767. The maximum absolute atomic E-state index is 12.6. The molecule has 0 aromatic carbocycles. The molecule has 2 aromatic heterocycles. The van der Waals surface area contributed by atoms with Crippen molar-refractivity contribution in [3.05, 3.63) is 35.6 Å². The zero-order valence-electron chi connectivity index (χ0n) is 17.0. The highest BCUT2D eigenvalue weighted by Crippen LogP contribution is 2.41. The molecule has 4 heterocycles. The maximum atomic E-state index is 12.6. The molecule has 8 nitrogen and oxygen atoms in total. The van der Waals surface area contributed by atoms with Crippen LogP contribution in [0.3, 0.4) is 0 Å². The number of nitrogens with zero attached hydrogens (tertiary/aromatic N) is 6. The van der Waals surface area contributed by atoms with E-state index in [1.807, 2.05) is 11.8 Å². The number of hydrogen-bond donors (Lipinski definition) is 0. The predicted octanol–water partition coefficient (Wildman–Crippen LogP) is 2.45. The summed E-state index contributed by atoms with van der Waals surface area (Å²) in [6.45, 7) is 5.97. The normalized spacial score (nSPS) is 25.7. The van der Waals surface area contributed by atoms with Gasteiger partial charge in [0.1, 0.15) is 0 Å². The van der Waals surface area contributed by atoms with Gasteiger partial charge in [-0.3, -0.25) is 19.7 Å². The Kier molecular flexibility index (Phi) is 4.81. The van der Waals surface area contributed by atoms with Crippen molar-refractivity contribution in [1.29, 1.82) is 0 Å². The van der Waals surface area contributed by atoms with Crippen molar-refractivity contribution in [3.8, 4) is 0 Å². The molecule has 0 unspecified atom stereocenters. The minimum atomic E-state index is 0.142. The van der Waals surface area contributed by atoms with Crippen LogP contribution in [0.4, 0.5) is 0 Å². The molecular formula is C21H28N6O2. The highest BCUT2D eigenvalue weighted by molar-refractivity contribution is 5.77. The second-order valence-electron chi connectivity index (χ2n) is 9.02. The Bertz CT molecular complexity index is 878. The number of carbonyl (C=O) groups excluding carboxylic acids is 1. The van der Waals surface area contributed by atoms with Crippen LogP contribution in [0.15, 0.2) is 16.8 Å². The lowest BCUT2D eigenvalue weighted by Crippen LogP contribution is -2.53. The van der Waals surface area contributed by atoms with Crippen LogP contribution >= 0.6 is 0 Å². The van der Waals surface area contributed by atoms with Crippen molar-refractivity contribution in [1.82, 2.24) is 30.0 Å². The minimum Gasteiger partial charge on any atom is -0.424 e. The van der Waals surface area contributed by atoms with Crippen molar-refractivity contribution in [2.75, 3.05) is 19.6 Å². The summed E-state index contributed by atoms with van der Waals surface area (Å²) in [6, 6.07) is 0. The Morgan fingerprint density at radius 3 is 2.83 bits per heavy atom. The van der Waals surface area contributed by atoms with Gasteiger partial charge in [0.15, 0.2) is 0 Å². The lowest BCUT2D eigenvalue weighted by Gasteiger charge is -2.48. The third kappa shape index (κ3) is 4.17. The van der Waals surface area contributed by atoms with Gasteiger partial charge in [-0.2, -0.15) is 0 Å². The van der Waals surface area contributed by atoms with Gasteiger partial charge in [-0.15, -0.1) is 10.2 Å². The number of aromatic nitrogens is 4. The van der Waals surface area contributed by atoms with Crippen LogP contribution < -0.4 is 0 Å². The molecule has 1 aliphatic carbocycles. The van der Waals surface area contributed by atoms with E-state index >= 15 is 0 Å². The molecule has 1 atom stereocenters. The molecule has 2 saturated heterocycles. The summed E-state index contributed by atoms with van der Waals surface area (Å²) >= 11 is 0. The van der Waals surface area contributed by atoms with Crippen LogP contribution in [-0.4, -0.2) is 55.5 Å². The van der Waals surface area contributed by atoms with Crippen LogP contribution in [0.2, 0.25) is 0 Å². The zero-order valence-corrected chi connectivity index (χ0v) is 17.0. The fourth-order valence-corrected chi connectivity index (χ4v) is 4.74. The number of rotatable bonds is 5. The predicted molar refractivity (Wildman–Crippen MR) is 105 cm³/mol. The van der Waals surface area contributed by atoms with E-state index in [0.29, 0.717) is 25.4 Å². The molecule has 29 heavy (non-hydrogen) atoms. The van der Waals surface area contributed by atoms with E-state index in [-0.39, 0.29) is 11.3 Å². The van der Waals surface area contributed by atoms with Crippen molar-refractivity contribution >= 4 is 5.91 Å². The molecule has 2 aliphatic heterocycles. The summed E-state index contributed by atoms with van der Waals surface area (Å²) in [4.78, 5) is 25.7. The molecule has 5 rings (SSSR count). The summed E-state index contributed by atoms with van der Waals surface area (Å²) in [7, 11) is 0. The molecule has 1 spiro atoms. The molecule has 2 aromatic rings. The number of likely N-dealkylation sites (tertiary alicyclic amines) is 2. The first-order valence-corrected chi connectivity index (χ1v) is 10.7. The average Bonchev–Trinajstić information content (AvgIpc) is 3.46. The molecule has 3 aliphatic rings. The maximum Gasteiger partial charge on any atom is 0.230 e. The Balaban J connectivity index is 1.24. The third-order valence-corrected chi connectivity index (χ3v) is 6.44. The molecule has 0 N–H and O–H groups in total. The van der Waals surface area contributed by atoms with E-state index in [2.05, 4.69) is 25.1 Å². The summed E-state index contributed by atoms with van der Waals surface area (Å²) < 4.78 is 5.87. The standard InChI is InChI=1S/C21H28N6O2/c1-15-9-23-17(10-22-15)11-27-14-21(7-5-19(27)28)6-2-8-26(13-21)12-18-24-25-20(29-18)16-3-4-16/h9-10,16H,2-8,11-14H2,1H3/t21-/m0/s1. The smallest absolute Gasteiger partial charge is 0.230 e. The van der Waals surface area contributed by atoms with Crippen LogP contribution in [0, 0.1) is 12.3 Å². The average molecular weight is 396 g/mol. The van der Waals surface area contributed by atoms with Crippen LogP contribution in [0.5, 0.6) is 0 Å². The van der Waals surface area contributed by atoms with E-state index < -0.39 is 0 Å². The lowest BCUT2D eigenvalue weighted by molar-refractivity contribution is -0.140. The number of aryl methyl sites for hydroxylation is 1. The van der Waals surface area contributed by atoms with Crippen molar-refractivity contribution in [2.45, 2.75) is 64.5 Å². The molecule has 0 radical (unpaired) electrons. The minimum absolute atomic E-state index is 0.142. The van der Waals surface area contributed by atoms with Gasteiger partial charge >= 0.3 is 0 Å². The molecule has 8 heteroatoms. The summed E-state index contributed by atoms with van der Waals surface area (Å²) in [5, 5.41) is 8.47. The Hall–Kier alpha value is -2.35. The van der Waals surface area contributed by atoms with Gasteiger partial charge in [-0.05, 0) is 45.6 Å². The topological polar surface area (TPSA) is 88.3 Å². The Morgan fingerprint density at radius 2 is 2.03 bits per heavy atom. The van der Waals surface area contributed by atoms with Gasteiger partial charge < -0.3 is 9.32 Å². The first-order chi connectivity index (χ1) is 14.1. The SMILES string of the molecule is Cc1cnc(CN2C[C@@]3(CCCN(Cc4nnc(C5CC5)o4)C3)CCC2=O)cn1. The van der Waals surface area contributed by atoms with Crippen molar-refractivity contribution < 1.29 is 9.21 Å². The zero-order chi connectivity index (χ0) is 19.8. The van der Waals surface area contributed by atoms with Gasteiger partial charge in [0, 0.05) is 37.0 Å². The first-order valence-electron chi connectivity index (χ1n) is 10.7. The molecule has 1 saturated carbocycles. The van der Waals surface area contributed by atoms with E-state index in [1.54, 1.807) is 12.4 Å². The van der Waals surface area contributed by atoms with Gasteiger partial charge in [0.2, 0.25) is 17.7 Å². The molecule has 1 amide bonds. The van der Waals surface area contributed by atoms with Crippen LogP contribution in [0.25, 0.3) is 0 Å². The van der Waals surface area contributed by atoms with Gasteiger partial charge in [0.05, 0.1) is 30.7 Å². The fraction of sp³-hybridized carbons (Fsp3) is 0.667. The van der Waals surface area contributed by atoms with Gasteiger partial charge in [-0.1, -0.05) is 0 Å². The molecule has 3 fully saturated rings. The number of carbonyl (C=O) groups is 1. The van der Waals surface area contributed by atoms with E-state index in [1.165, 1.54) is 12.8 Å². The van der Waals surface area contributed by atoms with Crippen molar-refractivity contribution in [3.63, 3.8) is 0 Å². The molecular weight excluding hydrogens is 368 g/mol. The van der Waals surface area contributed by atoms with Gasteiger partial charge in [0.25, 0.3) is 0 Å². The van der Waals surface area contributed by atoms with E-state index in [9.17, 15) is 4.79 Å². The third-order valence-electron chi connectivity index (χ3n) is 6.44. The monoisotopic (exact) mass is 396 g/mol. The lowest BCUT2D eigenvalue weighted by atomic mass is 9.73. The Morgan fingerprint density at radius 1 is 1.14 bits per heavy atom. The van der Waals surface area contributed by atoms with E-state index in [0.717, 1.165) is 62.1 Å². The summed E-state index contributed by atoms with van der Waals surface area (Å²) in [5.41, 5.74) is 1.89. The number of amides is 1. The molecule has 0 bridgehead atoms. The van der Waals surface area contributed by atoms with Gasteiger partial charge in [-0.25, -0.2) is 0 Å². The summed E-state index contributed by atoms with van der Waals surface area (Å²) in [5.74, 6) is 2.25. The highest BCUT2D eigenvalue weighted by Gasteiger charge is 2.42. The van der Waals surface area contributed by atoms with E-state index in [4.69, 9.17) is 4.42 Å². The number of hydrogen-bond acceptors (Lipinski definition) is 7. The summed E-state index contributed by atoms with van der Waals surface area (Å²) in [6.07, 6.45) is 9.74. The number of piperidine rings is 2.